The van der Waals surface area contributed by atoms with Gasteiger partial charge in [-0.1, -0.05) is 0 Å². The molecule has 0 radical (unpaired) electrons. The fourth-order valence-corrected chi connectivity index (χ4v) is 8.81. The molecule has 3 aliphatic heterocycles. The Morgan fingerprint density at radius 2 is 2.08 bits per heavy atom. The van der Waals surface area contributed by atoms with Crippen LogP contribution < -0.4 is 9.64 Å². The highest BCUT2D eigenvalue weighted by atomic mass is 32.1. The fraction of sp³-hybridized carbons (Fsp3) is 0.500. The number of aromatic amines is 1. The highest BCUT2D eigenvalue weighted by molar-refractivity contribution is 7.15. The van der Waals surface area contributed by atoms with Crippen molar-refractivity contribution in [2.45, 2.75) is 50.4 Å². The van der Waals surface area contributed by atoms with E-state index < -0.39 is 17.3 Å². The molecule has 48 heavy (non-hydrogen) atoms. The van der Waals surface area contributed by atoms with Crippen LogP contribution in [0.15, 0.2) is 24.2 Å². The summed E-state index contributed by atoms with van der Waals surface area (Å²) in [7, 11) is 1.74. The lowest BCUT2D eigenvalue weighted by Crippen LogP contribution is -2.43. The number of benzene rings is 1. The molecule has 3 aliphatic rings. The largest absolute Gasteiger partial charge is 0.461 e. The number of alkyl halides is 3. The molecule has 2 atom stereocenters. The number of H-pyrrole nitrogens is 1. The Balaban J connectivity index is 1.32. The molecule has 0 spiro atoms. The predicted octanol–water partition coefficient (Wildman–Crippen LogP) is 5.51. The van der Waals surface area contributed by atoms with Crippen LogP contribution in [-0.2, 0) is 18.0 Å². The Kier molecular flexibility index (Phi) is 7.25. The summed E-state index contributed by atoms with van der Waals surface area (Å²) in [5, 5.41) is 18.8. The van der Waals surface area contributed by atoms with Crippen molar-refractivity contribution in [3.8, 4) is 17.3 Å². The van der Waals surface area contributed by atoms with Crippen molar-refractivity contribution in [2.24, 2.45) is 7.05 Å². The second-order valence-corrected chi connectivity index (χ2v) is 14.3. The van der Waals surface area contributed by atoms with Crippen LogP contribution in [0.4, 0.5) is 23.4 Å². The second kappa shape index (κ2) is 11.1. The molecule has 5 aromatic rings. The van der Waals surface area contributed by atoms with Gasteiger partial charge in [-0.2, -0.15) is 32.6 Å². The summed E-state index contributed by atoms with van der Waals surface area (Å²) in [5.74, 6) is 0.465. The number of nitrogens with one attached hydrogen (secondary N) is 1. The Bertz CT molecular complexity index is 2100. The number of anilines is 1. The minimum atomic E-state index is -4.65. The third kappa shape index (κ3) is 4.94. The van der Waals surface area contributed by atoms with E-state index in [-0.39, 0.29) is 48.1 Å². The molecular weight excluding hydrogens is 652 g/mol. The maximum Gasteiger partial charge on any atom is 0.417 e. The Morgan fingerprint density at radius 3 is 2.88 bits per heavy atom. The molecule has 0 unspecified atom stereocenters. The first kappa shape index (κ1) is 31.4. The van der Waals surface area contributed by atoms with E-state index in [2.05, 4.69) is 19.5 Å². The lowest BCUT2D eigenvalue weighted by atomic mass is 9.94. The van der Waals surface area contributed by atoms with E-state index in [1.54, 1.807) is 18.5 Å². The lowest BCUT2D eigenvalue weighted by molar-refractivity contribution is -0.137. The van der Waals surface area contributed by atoms with Gasteiger partial charge >= 0.3 is 12.2 Å². The number of aliphatic hydroxyl groups is 1. The number of hydrogen-bond acceptors (Lipinski definition) is 10. The van der Waals surface area contributed by atoms with Crippen molar-refractivity contribution in [2.75, 3.05) is 50.9 Å². The van der Waals surface area contributed by atoms with Gasteiger partial charge in [0.25, 0.3) is 0 Å². The number of aryl methyl sites for hydroxylation is 2. The highest BCUT2D eigenvalue weighted by Gasteiger charge is 2.47. The first-order valence-electron chi connectivity index (χ1n) is 15.8. The van der Waals surface area contributed by atoms with Crippen molar-refractivity contribution >= 4 is 49.5 Å². The number of hydrogen-bond donors (Lipinski definition) is 2. The van der Waals surface area contributed by atoms with Gasteiger partial charge in [-0.05, 0) is 68.4 Å². The Hall–Kier alpha value is -3.86. The summed E-state index contributed by atoms with van der Waals surface area (Å²) < 4.78 is 76.7. The van der Waals surface area contributed by atoms with Gasteiger partial charge in [0.2, 0.25) is 0 Å². The third-order valence-corrected chi connectivity index (χ3v) is 10.8. The summed E-state index contributed by atoms with van der Waals surface area (Å²) >= 11 is 1.07. The first-order chi connectivity index (χ1) is 22.9. The lowest BCUT2D eigenvalue weighted by Gasteiger charge is -2.31. The summed E-state index contributed by atoms with van der Waals surface area (Å²) in [6.07, 6.45) is -0.195. The molecule has 4 aromatic heterocycles. The molecule has 8 rings (SSSR count). The van der Waals surface area contributed by atoms with Gasteiger partial charge in [0.05, 0.1) is 64.5 Å². The monoisotopic (exact) mass is 686 g/mol. The van der Waals surface area contributed by atoms with E-state index in [0.29, 0.717) is 70.4 Å². The topological polar surface area (TPSA) is 117 Å². The van der Waals surface area contributed by atoms with E-state index in [4.69, 9.17) is 19.4 Å². The zero-order valence-corrected chi connectivity index (χ0v) is 27.4. The van der Waals surface area contributed by atoms with Gasteiger partial charge in [0.15, 0.2) is 5.65 Å². The first-order valence-corrected chi connectivity index (χ1v) is 16.6. The van der Waals surface area contributed by atoms with Crippen LogP contribution in [0.3, 0.4) is 0 Å². The van der Waals surface area contributed by atoms with Crippen LogP contribution in [-0.4, -0.2) is 96.3 Å². The Morgan fingerprint density at radius 1 is 1.25 bits per heavy atom. The van der Waals surface area contributed by atoms with Crippen molar-refractivity contribution in [3.63, 3.8) is 0 Å². The Labute approximate surface area is 276 Å². The molecule has 254 valence electrons. The smallest absolute Gasteiger partial charge is 0.417 e. The number of aromatic nitrogens is 6. The average molecular weight is 687 g/mol. The number of ether oxygens (including phenoxy) is 2. The molecule has 3 saturated heterocycles. The van der Waals surface area contributed by atoms with Crippen LogP contribution in [0.5, 0.6) is 6.01 Å². The summed E-state index contributed by atoms with van der Waals surface area (Å²) in [6, 6.07) is 1.54. The minimum absolute atomic E-state index is 0.0511. The van der Waals surface area contributed by atoms with Crippen LogP contribution in [0, 0.1) is 6.92 Å². The van der Waals surface area contributed by atoms with Crippen LogP contribution in [0.2, 0.25) is 0 Å². The van der Waals surface area contributed by atoms with Gasteiger partial charge in [0.1, 0.15) is 23.7 Å². The summed E-state index contributed by atoms with van der Waals surface area (Å²) in [4.78, 5) is 13.9. The molecule has 3 fully saturated rings. The predicted molar refractivity (Wildman–Crippen MR) is 173 cm³/mol. The quantitative estimate of drug-likeness (QED) is 0.231. The van der Waals surface area contributed by atoms with Crippen LogP contribution in [0.1, 0.15) is 37.3 Å². The van der Waals surface area contributed by atoms with Crippen molar-refractivity contribution in [1.82, 2.24) is 34.0 Å². The average Bonchev–Trinajstić information content (AvgIpc) is 3.83. The maximum atomic E-state index is 14.7. The van der Waals surface area contributed by atoms with Crippen LogP contribution in [0.25, 0.3) is 43.4 Å². The van der Waals surface area contributed by atoms with E-state index in [0.717, 1.165) is 36.5 Å². The van der Waals surface area contributed by atoms with Crippen molar-refractivity contribution < 1.29 is 32.1 Å². The number of β-amino-alcohol motifs (C(OH)–C–C–N with tert-alkyl or cyclic N) is 1. The molecule has 11 nitrogen and oxygen atoms in total. The van der Waals surface area contributed by atoms with E-state index in [9.17, 15) is 22.7 Å². The van der Waals surface area contributed by atoms with E-state index >= 15 is 0 Å². The van der Waals surface area contributed by atoms with Gasteiger partial charge in [0, 0.05) is 31.1 Å². The molecular formula is C32H34F4N8O3S. The van der Waals surface area contributed by atoms with Gasteiger partial charge in [-0.25, -0.2) is 4.39 Å². The SMILES string of the molecule is Cc1cc2[nH]ncc2c(-c2nsc3c4c(N5CCOC[C@@](C)(O)C5)nc(OC[C@@]56CCCN5C/C(=C\F)C6)nc4n(C)c23)c1C(F)(F)F. The maximum absolute atomic E-state index is 14.7. The number of halogens is 4. The van der Waals surface area contributed by atoms with Crippen molar-refractivity contribution in [3.05, 3.63) is 35.3 Å². The van der Waals surface area contributed by atoms with E-state index in [1.807, 2.05) is 4.90 Å². The molecule has 1 aromatic carbocycles. The molecule has 0 amide bonds. The minimum Gasteiger partial charge on any atom is -0.461 e. The van der Waals surface area contributed by atoms with Gasteiger partial charge in [-0.15, -0.1) is 0 Å². The van der Waals surface area contributed by atoms with Crippen LogP contribution >= 0.6 is 11.5 Å². The molecule has 7 heterocycles. The molecule has 0 bridgehead atoms. The zero-order valence-electron chi connectivity index (χ0n) is 26.6. The normalized spacial score (nSPS) is 24.8. The standard InChI is InChI=1S/C32H34F4N8O3S/c1-17-9-20-19(12-37-40-20)21(23(17)32(34,35)36)24-25-26(48-41-24)22-27(42(25)3)38-29(39-28(22)43-7-8-46-15-30(2,45)14-43)47-16-31-5-4-6-44(31)13-18(10-31)11-33/h9,11-12,45H,4-8,10,13-16H2,1-3H3,(H,37,40)/b18-11-/t30-,31-/m0/s1. The molecule has 2 N–H and O–H groups in total. The van der Waals surface area contributed by atoms with Gasteiger partial charge in [-0.3, -0.25) is 10.00 Å². The number of rotatable bonds is 5. The summed E-state index contributed by atoms with van der Waals surface area (Å²) in [6.45, 7) is 5.82. The van der Waals surface area contributed by atoms with Gasteiger partial charge < -0.3 is 24.0 Å². The highest BCUT2D eigenvalue weighted by Crippen LogP contribution is 2.48. The molecule has 16 heteroatoms. The number of nitrogens with zero attached hydrogens (tertiary/aromatic N) is 7. The van der Waals surface area contributed by atoms with Crippen molar-refractivity contribution in [1.29, 1.82) is 0 Å². The molecule has 0 saturated carbocycles. The number of fused-ring (bicyclic) bond motifs is 5. The van der Waals surface area contributed by atoms with E-state index in [1.165, 1.54) is 19.2 Å². The second-order valence-electron chi connectivity index (χ2n) is 13.5. The molecule has 0 aliphatic carbocycles. The third-order valence-electron chi connectivity index (χ3n) is 9.93. The summed E-state index contributed by atoms with van der Waals surface area (Å²) in [5.41, 5.74) is -0.0644. The zero-order chi connectivity index (χ0) is 33.6. The fourth-order valence-electron chi connectivity index (χ4n) is 7.86.